The molecule has 2 aliphatic rings. The summed E-state index contributed by atoms with van der Waals surface area (Å²) in [5.74, 6) is 2.72. The van der Waals surface area contributed by atoms with Crippen LogP contribution in [0.15, 0.2) is 66.9 Å². The molecule has 41 heavy (non-hydrogen) atoms. The summed E-state index contributed by atoms with van der Waals surface area (Å²) in [6.07, 6.45) is 9.05. The van der Waals surface area contributed by atoms with Crippen LogP contribution in [-0.2, 0) is 0 Å². The lowest BCUT2D eigenvalue weighted by Gasteiger charge is -2.34. The minimum Gasteiger partial charge on any atom is -0.369 e. The minimum atomic E-state index is 0.591. The SMILES string of the molecule is CC(C)c1ccc(C2CCCCC2)cc1.CC(C)c1ccc(N2CCN(C)CC2)cc1.Cc1ccc(C(C)C)cn1. The summed E-state index contributed by atoms with van der Waals surface area (Å²) >= 11 is 0. The van der Waals surface area contributed by atoms with E-state index >= 15 is 0 Å². The Balaban J connectivity index is 0.000000174. The highest BCUT2D eigenvalue weighted by atomic mass is 15.2. The van der Waals surface area contributed by atoms with E-state index in [1.54, 1.807) is 5.56 Å². The maximum atomic E-state index is 4.20. The molecule has 0 unspecified atom stereocenters. The van der Waals surface area contributed by atoms with Crippen LogP contribution in [-0.4, -0.2) is 43.1 Å². The molecule has 3 nitrogen and oxygen atoms in total. The summed E-state index contributed by atoms with van der Waals surface area (Å²) < 4.78 is 0. The van der Waals surface area contributed by atoms with Crippen molar-refractivity contribution in [3.05, 3.63) is 94.8 Å². The lowest BCUT2D eigenvalue weighted by atomic mass is 9.83. The van der Waals surface area contributed by atoms with Crippen molar-refractivity contribution in [2.24, 2.45) is 0 Å². The summed E-state index contributed by atoms with van der Waals surface area (Å²) in [6.45, 7) is 20.0. The fraction of sp³-hybridized carbons (Fsp3) is 0.553. The molecule has 2 heterocycles. The van der Waals surface area contributed by atoms with E-state index in [-0.39, 0.29) is 0 Å². The molecule has 1 saturated carbocycles. The van der Waals surface area contributed by atoms with Gasteiger partial charge in [-0.15, -0.1) is 0 Å². The Bertz CT molecular complexity index is 1100. The van der Waals surface area contributed by atoms with Gasteiger partial charge >= 0.3 is 0 Å². The number of anilines is 1. The summed E-state index contributed by atoms with van der Waals surface area (Å²) in [4.78, 5) is 9.06. The van der Waals surface area contributed by atoms with E-state index in [9.17, 15) is 0 Å². The van der Waals surface area contributed by atoms with Gasteiger partial charge in [0, 0.05) is 43.8 Å². The third kappa shape index (κ3) is 10.9. The fourth-order valence-corrected chi connectivity index (χ4v) is 5.54. The number of aromatic nitrogens is 1. The van der Waals surface area contributed by atoms with Gasteiger partial charge in [0.05, 0.1) is 0 Å². The average molecular weight is 556 g/mol. The Morgan fingerprint density at radius 3 is 1.56 bits per heavy atom. The van der Waals surface area contributed by atoms with Crippen molar-refractivity contribution < 1.29 is 0 Å². The number of benzene rings is 2. The van der Waals surface area contributed by atoms with E-state index < -0.39 is 0 Å². The number of aryl methyl sites for hydroxylation is 1. The quantitative estimate of drug-likeness (QED) is 0.312. The highest BCUT2D eigenvalue weighted by Gasteiger charge is 2.15. The van der Waals surface area contributed by atoms with Gasteiger partial charge in [0.2, 0.25) is 0 Å². The molecule has 1 saturated heterocycles. The van der Waals surface area contributed by atoms with Gasteiger partial charge < -0.3 is 9.80 Å². The average Bonchev–Trinajstić information content (AvgIpc) is 2.99. The van der Waals surface area contributed by atoms with Crippen LogP contribution in [0.3, 0.4) is 0 Å². The number of hydrogen-bond donors (Lipinski definition) is 0. The Morgan fingerprint density at radius 1 is 0.610 bits per heavy atom. The molecule has 1 aliphatic heterocycles. The van der Waals surface area contributed by atoms with Crippen LogP contribution >= 0.6 is 0 Å². The predicted molar refractivity (Wildman–Crippen MR) is 180 cm³/mol. The molecule has 224 valence electrons. The van der Waals surface area contributed by atoms with Gasteiger partial charge in [-0.3, -0.25) is 4.98 Å². The van der Waals surface area contributed by atoms with Crippen molar-refractivity contribution in [2.45, 2.75) is 104 Å². The zero-order chi connectivity index (χ0) is 29.8. The Labute approximate surface area is 252 Å². The van der Waals surface area contributed by atoms with Gasteiger partial charge in [-0.2, -0.15) is 0 Å². The van der Waals surface area contributed by atoms with E-state index in [0.29, 0.717) is 17.8 Å². The summed E-state index contributed by atoms with van der Waals surface area (Å²) in [5, 5.41) is 0. The fourth-order valence-electron chi connectivity index (χ4n) is 5.54. The normalized spacial score (nSPS) is 16.3. The van der Waals surface area contributed by atoms with Crippen LogP contribution in [0.4, 0.5) is 5.69 Å². The zero-order valence-corrected chi connectivity index (χ0v) is 27.4. The highest BCUT2D eigenvalue weighted by Crippen LogP contribution is 2.33. The first kappa shape index (κ1) is 32.9. The number of pyridine rings is 1. The van der Waals surface area contributed by atoms with E-state index in [2.05, 4.69) is 124 Å². The second-order valence-electron chi connectivity index (χ2n) is 13.1. The molecule has 3 aromatic rings. The Morgan fingerprint density at radius 2 is 1.10 bits per heavy atom. The van der Waals surface area contributed by atoms with E-state index in [4.69, 9.17) is 0 Å². The molecule has 0 atom stereocenters. The number of hydrogen-bond acceptors (Lipinski definition) is 3. The molecule has 1 aromatic heterocycles. The standard InChI is InChI=1S/C15H22.C14H22N2.C9H13N/c1-12(2)13-8-10-15(11-9-13)14-6-4-3-5-7-14;1-12(2)13-4-6-14(7-5-13)16-10-8-15(3)9-11-16;1-7(2)9-5-4-8(3)10-6-9/h8-12,14H,3-7H2,1-2H3;4-7,12H,8-11H2,1-3H3;4-7H,1-3H3. The Hall–Kier alpha value is -2.65. The monoisotopic (exact) mass is 555 g/mol. The van der Waals surface area contributed by atoms with Crippen molar-refractivity contribution in [3.63, 3.8) is 0 Å². The molecule has 1 aliphatic carbocycles. The molecule has 0 radical (unpaired) electrons. The summed E-state index contributed by atoms with van der Waals surface area (Å²) in [6, 6.07) is 22.6. The summed E-state index contributed by atoms with van der Waals surface area (Å²) in [7, 11) is 2.19. The van der Waals surface area contributed by atoms with Gasteiger partial charge in [-0.1, -0.05) is 103 Å². The number of rotatable bonds is 5. The van der Waals surface area contributed by atoms with Crippen LogP contribution in [0.1, 0.15) is 125 Å². The van der Waals surface area contributed by atoms with E-state index in [1.807, 2.05) is 13.1 Å². The Kier molecular flexibility index (Phi) is 13.4. The molecule has 2 aromatic carbocycles. The smallest absolute Gasteiger partial charge is 0.0372 e. The van der Waals surface area contributed by atoms with Gasteiger partial charge in [-0.05, 0) is 90.9 Å². The van der Waals surface area contributed by atoms with Gasteiger partial charge in [0.15, 0.2) is 0 Å². The van der Waals surface area contributed by atoms with Crippen molar-refractivity contribution in [3.8, 4) is 0 Å². The molecule has 3 heteroatoms. The first-order chi connectivity index (χ1) is 19.6. The maximum absolute atomic E-state index is 4.20. The van der Waals surface area contributed by atoms with Crippen LogP contribution < -0.4 is 4.90 Å². The van der Waals surface area contributed by atoms with Crippen molar-refractivity contribution >= 4 is 5.69 Å². The molecule has 5 rings (SSSR count). The second kappa shape index (κ2) is 16.7. The van der Waals surface area contributed by atoms with Crippen LogP contribution in [0.25, 0.3) is 0 Å². The zero-order valence-electron chi connectivity index (χ0n) is 27.4. The van der Waals surface area contributed by atoms with Crippen molar-refractivity contribution in [2.75, 3.05) is 38.1 Å². The van der Waals surface area contributed by atoms with Crippen molar-refractivity contribution in [1.82, 2.24) is 9.88 Å². The van der Waals surface area contributed by atoms with Gasteiger partial charge in [0.25, 0.3) is 0 Å². The molecule has 0 spiro atoms. The molecular formula is C38H57N3. The third-order valence-electron chi connectivity index (χ3n) is 8.71. The summed E-state index contributed by atoms with van der Waals surface area (Å²) in [5.41, 5.74) is 8.24. The topological polar surface area (TPSA) is 19.4 Å². The van der Waals surface area contributed by atoms with Crippen LogP contribution in [0, 0.1) is 6.92 Å². The van der Waals surface area contributed by atoms with Crippen LogP contribution in [0.5, 0.6) is 0 Å². The molecule has 2 fully saturated rings. The number of nitrogens with zero attached hydrogens (tertiary/aromatic N) is 3. The third-order valence-corrected chi connectivity index (χ3v) is 8.71. The van der Waals surface area contributed by atoms with Gasteiger partial charge in [0.1, 0.15) is 0 Å². The van der Waals surface area contributed by atoms with Gasteiger partial charge in [-0.25, -0.2) is 0 Å². The number of likely N-dealkylation sites (N-methyl/N-ethyl adjacent to an activating group) is 1. The minimum absolute atomic E-state index is 0.591. The first-order valence-electron chi connectivity index (χ1n) is 16.2. The molecule has 0 N–H and O–H groups in total. The lowest BCUT2D eigenvalue weighted by molar-refractivity contribution is 0.313. The lowest BCUT2D eigenvalue weighted by Crippen LogP contribution is -2.44. The van der Waals surface area contributed by atoms with Crippen LogP contribution in [0.2, 0.25) is 0 Å². The first-order valence-corrected chi connectivity index (χ1v) is 16.2. The van der Waals surface area contributed by atoms with E-state index in [1.165, 1.54) is 67.6 Å². The second-order valence-corrected chi connectivity index (χ2v) is 13.1. The molecule has 0 amide bonds. The highest BCUT2D eigenvalue weighted by molar-refractivity contribution is 5.48. The predicted octanol–water partition coefficient (Wildman–Crippen LogP) is 9.93. The van der Waals surface area contributed by atoms with E-state index in [0.717, 1.165) is 24.7 Å². The maximum Gasteiger partial charge on any atom is 0.0372 e. The molecule has 0 bridgehead atoms. The van der Waals surface area contributed by atoms with Crippen molar-refractivity contribution in [1.29, 1.82) is 0 Å². The number of piperazine rings is 1. The largest absolute Gasteiger partial charge is 0.369 e. The molecular weight excluding hydrogens is 498 g/mol.